The van der Waals surface area contributed by atoms with E-state index in [-0.39, 0.29) is 18.2 Å². The minimum Gasteiger partial charge on any atom is -0.376 e. The van der Waals surface area contributed by atoms with Crippen LogP contribution in [0.2, 0.25) is 0 Å². The number of aryl methyl sites for hydroxylation is 1. The number of nitrogens with zero attached hydrogens (tertiary/aromatic N) is 5. The Labute approximate surface area is 188 Å². The number of aromatic nitrogens is 2. The number of nitrogens with one attached hydrogen (secondary N) is 1. The van der Waals surface area contributed by atoms with Crippen LogP contribution in [0.25, 0.3) is 0 Å². The molecule has 31 heavy (non-hydrogen) atoms. The average Bonchev–Trinajstić information content (AvgIpc) is 3.46. The summed E-state index contributed by atoms with van der Waals surface area (Å²) in [6.07, 6.45) is 4.20. The number of morpholine rings is 2. The molecule has 2 fully saturated rings. The standard InChI is InChI=1S/C22H34N6O2S/c1-4-23-22(28-8-10-30-20(16-28)18-12-25-26(3)15-18)24-13-19(21-6-5-11-31-21)27-7-9-29-17(2)14-27/h5-6,11-12,15,17,19-20H,4,7-10,13-14,16H2,1-3H3,(H,23,24). The molecule has 0 aliphatic carbocycles. The van der Waals surface area contributed by atoms with E-state index >= 15 is 0 Å². The van der Waals surface area contributed by atoms with Gasteiger partial charge in [-0.2, -0.15) is 5.10 Å². The highest BCUT2D eigenvalue weighted by Gasteiger charge is 2.28. The summed E-state index contributed by atoms with van der Waals surface area (Å²) in [5.74, 6) is 0.961. The van der Waals surface area contributed by atoms with Gasteiger partial charge in [-0.25, -0.2) is 0 Å². The highest BCUT2D eigenvalue weighted by molar-refractivity contribution is 7.10. The fourth-order valence-electron chi connectivity index (χ4n) is 4.24. The molecule has 0 saturated carbocycles. The molecule has 0 bridgehead atoms. The van der Waals surface area contributed by atoms with Crippen molar-refractivity contribution in [2.75, 3.05) is 52.5 Å². The highest BCUT2D eigenvalue weighted by atomic mass is 32.1. The highest BCUT2D eigenvalue weighted by Crippen LogP contribution is 2.28. The topological polar surface area (TPSA) is 67.2 Å². The molecule has 0 radical (unpaired) electrons. The van der Waals surface area contributed by atoms with Gasteiger partial charge in [-0.3, -0.25) is 14.6 Å². The Morgan fingerprint density at radius 2 is 2.19 bits per heavy atom. The van der Waals surface area contributed by atoms with E-state index in [4.69, 9.17) is 14.5 Å². The van der Waals surface area contributed by atoms with Gasteiger partial charge in [0.25, 0.3) is 0 Å². The lowest BCUT2D eigenvalue weighted by molar-refractivity contribution is -0.0329. The minimum atomic E-state index is 0.0134. The Hall–Kier alpha value is -1.94. The molecule has 1 N–H and O–H groups in total. The van der Waals surface area contributed by atoms with E-state index < -0.39 is 0 Å². The van der Waals surface area contributed by atoms with E-state index in [9.17, 15) is 0 Å². The van der Waals surface area contributed by atoms with Gasteiger partial charge >= 0.3 is 0 Å². The summed E-state index contributed by atoms with van der Waals surface area (Å²) in [4.78, 5) is 11.3. The third-order valence-corrected chi connectivity index (χ3v) is 6.77. The molecule has 2 saturated heterocycles. The van der Waals surface area contributed by atoms with Gasteiger partial charge in [-0.1, -0.05) is 6.07 Å². The summed E-state index contributed by atoms with van der Waals surface area (Å²) in [6.45, 7) is 10.8. The molecule has 0 amide bonds. The number of hydrogen-bond donors (Lipinski definition) is 1. The number of guanidine groups is 1. The van der Waals surface area contributed by atoms with Gasteiger partial charge in [-0.05, 0) is 25.3 Å². The molecule has 8 nitrogen and oxygen atoms in total. The number of ether oxygens (including phenoxy) is 2. The summed E-state index contributed by atoms with van der Waals surface area (Å²) in [5.41, 5.74) is 1.11. The van der Waals surface area contributed by atoms with Crippen LogP contribution in [0, 0.1) is 0 Å². The first-order valence-corrected chi connectivity index (χ1v) is 12.0. The van der Waals surface area contributed by atoms with Crippen LogP contribution < -0.4 is 5.32 Å². The SMILES string of the molecule is CCNC(=NCC(c1cccs1)N1CCOC(C)C1)N1CCOC(c2cnn(C)c2)C1. The molecule has 0 spiro atoms. The fraction of sp³-hybridized carbons (Fsp3) is 0.636. The van der Waals surface area contributed by atoms with Crippen molar-refractivity contribution in [1.82, 2.24) is 24.9 Å². The molecular formula is C22H34N6O2S. The van der Waals surface area contributed by atoms with Crippen molar-refractivity contribution in [2.24, 2.45) is 12.0 Å². The quantitative estimate of drug-likeness (QED) is 0.543. The first kappa shape index (κ1) is 22.3. The first-order valence-electron chi connectivity index (χ1n) is 11.2. The molecule has 4 heterocycles. The summed E-state index contributed by atoms with van der Waals surface area (Å²) >= 11 is 1.81. The second kappa shape index (κ2) is 10.6. The van der Waals surface area contributed by atoms with Crippen molar-refractivity contribution in [1.29, 1.82) is 0 Å². The molecule has 3 atom stereocenters. The van der Waals surface area contributed by atoms with Gasteiger partial charge in [-0.15, -0.1) is 11.3 Å². The minimum absolute atomic E-state index is 0.0134. The molecule has 0 aromatic carbocycles. The summed E-state index contributed by atoms with van der Waals surface area (Å²) < 4.78 is 13.6. The molecule has 2 aromatic rings. The number of rotatable bonds is 6. The smallest absolute Gasteiger partial charge is 0.194 e. The zero-order chi connectivity index (χ0) is 21.6. The van der Waals surface area contributed by atoms with Crippen LogP contribution in [0.1, 0.15) is 36.4 Å². The maximum absolute atomic E-state index is 6.03. The zero-order valence-electron chi connectivity index (χ0n) is 18.7. The van der Waals surface area contributed by atoms with Crippen molar-refractivity contribution in [3.8, 4) is 0 Å². The van der Waals surface area contributed by atoms with Crippen LogP contribution in [0.5, 0.6) is 0 Å². The molecule has 9 heteroatoms. The summed E-state index contributed by atoms with van der Waals surface area (Å²) in [5, 5.41) is 9.96. The van der Waals surface area contributed by atoms with Gasteiger partial charge in [0.05, 0.1) is 44.6 Å². The van der Waals surface area contributed by atoms with E-state index in [1.807, 2.05) is 35.5 Å². The molecule has 2 aromatic heterocycles. The lowest BCUT2D eigenvalue weighted by Gasteiger charge is -2.37. The number of hydrogen-bond acceptors (Lipinski definition) is 6. The van der Waals surface area contributed by atoms with Crippen LogP contribution >= 0.6 is 11.3 Å². The Morgan fingerprint density at radius 1 is 1.32 bits per heavy atom. The predicted octanol–water partition coefficient (Wildman–Crippen LogP) is 2.28. The van der Waals surface area contributed by atoms with Crippen LogP contribution in [0.15, 0.2) is 34.9 Å². The van der Waals surface area contributed by atoms with E-state index in [2.05, 4.69) is 51.6 Å². The van der Waals surface area contributed by atoms with E-state index in [1.165, 1.54) is 4.88 Å². The summed E-state index contributed by atoms with van der Waals surface area (Å²) in [7, 11) is 1.94. The number of thiophene rings is 1. The molecule has 3 unspecified atom stereocenters. The monoisotopic (exact) mass is 446 g/mol. The summed E-state index contributed by atoms with van der Waals surface area (Å²) in [6, 6.07) is 4.63. The largest absolute Gasteiger partial charge is 0.376 e. The lowest BCUT2D eigenvalue weighted by Crippen LogP contribution is -2.49. The Morgan fingerprint density at radius 3 is 2.90 bits per heavy atom. The van der Waals surface area contributed by atoms with Gasteiger partial charge in [0.1, 0.15) is 6.10 Å². The van der Waals surface area contributed by atoms with Gasteiger partial charge in [0.2, 0.25) is 0 Å². The third-order valence-electron chi connectivity index (χ3n) is 5.80. The molecule has 170 valence electrons. The van der Waals surface area contributed by atoms with Crippen LogP contribution in [-0.4, -0.2) is 84.1 Å². The second-order valence-electron chi connectivity index (χ2n) is 8.15. The molecular weight excluding hydrogens is 412 g/mol. The first-order chi connectivity index (χ1) is 15.1. The van der Waals surface area contributed by atoms with Crippen LogP contribution in [0.3, 0.4) is 0 Å². The number of aliphatic imine (C=N–C) groups is 1. The molecule has 2 aliphatic rings. The van der Waals surface area contributed by atoms with Gasteiger partial charge in [0.15, 0.2) is 5.96 Å². The zero-order valence-corrected chi connectivity index (χ0v) is 19.6. The second-order valence-corrected chi connectivity index (χ2v) is 9.13. The normalized spacial score (nSPS) is 24.4. The van der Waals surface area contributed by atoms with Crippen molar-refractivity contribution >= 4 is 17.3 Å². The fourth-order valence-corrected chi connectivity index (χ4v) is 5.10. The molecule has 4 rings (SSSR count). The van der Waals surface area contributed by atoms with Crippen molar-refractivity contribution in [3.05, 3.63) is 40.3 Å². The van der Waals surface area contributed by atoms with Gasteiger partial charge in [0, 0.05) is 49.9 Å². The van der Waals surface area contributed by atoms with Crippen molar-refractivity contribution in [3.63, 3.8) is 0 Å². The Bertz CT molecular complexity index is 839. The maximum Gasteiger partial charge on any atom is 0.194 e. The van der Waals surface area contributed by atoms with E-state index in [0.29, 0.717) is 6.61 Å². The van der Waals surface area contributed by atoms with Crippen molar-refractivity contribution < 1.29 is 9.47 Å². The van der Waals surface area contributed by atoms with E-state index in [1.54, 1.807) is 0 Å². The molecule has 2 aliphatic heterocycles. The van der Waals surface area contributed by atoms with Gasteiger partial charge < -0.3 is 19.7 Å². The predicted molar refractivity (Wildman–Crippen MR) is 123 cm³/mol. The third kappa shape index (κ3) is 5.65. The maximum atomic E-state index is 6.03. The van der Waals surface area contributed by atoms with E-state index in [0.717, 1.165) is 57.4 Å². The Kier molecular flexibility index (Phi) is 7.60. The lowest BCUT2D eigenvalue weighted by atomic mass is 10.1. The van der Waals surface area contributed by atoms with Crippen molar-refractivity contribution in [2.45, 2.75) is 32.1 Å². The average molecular weight is 447 g/mol. The van der Waals surface area contributed by atoms with Crippen LogP contribution in [-0.2, 0) is 16.5 Å². The Balaban J connectivity index is 1.49. The van der Waals surface area contributed by atoms with Crippen LogP contribution in [0.4, 0.5) is 0 Å².